The summed E-state index contributed by atoms with van der Waals surface area (Å²) in [5.41, 5.74) is 1.96. The number of carbonyl (C=O) groups excluding carboxylic acids is 2. The fourth-order valence-corrected chi connectivity index (χ4v) is 4.58. The fraction of sp³-hybridized carbons (Fsp3) is 0.273. The monoisotopic (exact) mass is 379 g/mol. The van der Waals surface area contributed by atoms with Crippen LogP contribution in [-0.4, -0.2) is 18.5 Å². The van der Waals surface area contributed by atoms with E-state index in [1.54, 1.807) is 0 Å². The van der Waals surface area contributed by atoms with E-state index in [0.717, 1.165) is 23.6 Å². The second-order valence-electron chi connectivity index (χ2n) is 6.81. The maximum absolute atomic E-state index is 12.3. The van der Waals surface area contributed by atoms with Crippen molar-refractivity contribution in [3.63, 3.8) is 0 Å². The minimum absolute atomic E-state index is 0.284. The van der Waals surface area contributed by atoms with Gasteiger partial charge >= 0.3 is 5.97 Å². The van der Waals surface area contributed by atoms with Gasteiger partial charge in [-0.1, -0.05) is 36.8 Å². The van der Waals surface area contributed by atoms with Crippen LogP contribution in [0.25, 0.3) is 10.8 Å². The minimum atomic E-state index is -0.415. The Balaban J connectivity index is 1.35. The number of rotatable bonds is 4. The van der Waals surface area contributed by atoms with E-state index in [1.165, 1.54) is 41.0 Å². The van der Waals surface area contributed by atoms with Gasteiger partial charge in [0.05, 0.1) is 0 Å². The van der Waals surface area contributed by atoms with Crippen molar-refractivity contribution in [3.8, 4) is 0 Å². The molecule has 4 rings (SSSR count). The minimum Gasteiger partial charge on any atom is -0.451 e. The van der Waals surface area contributed by atoms with Crippen molar-refractivity contribution in [1.82, 2.24) is 0 Å². The number of nitrogens with one attached hydrogen (secondary N) is 1. The van der Waals surface area contributed by atoms with Crippen LogP contribution in [0.3, 0.4) is 0 Å². The van der Waals surface area contributed by atoms with Crippen LogP contribution in [0.15, 0.2) is 48.5 Å². The van der Waals surface area contributed by atoms with E-state index in [4.69, 9.17) is 4.74 Å². The molecule has 1 N–H and O–H groups in total. The molecule has 0 spiro atoms. The second kappa shape index (κ2) is 7.92. The van der Waals surface area contributed by atoms with E-state index in [1.807, 2.05) is 48.5 Å². The number of anilines is 1. The number of hydrogen-bond acceptors (Lipinski definition) is 4. The van der Waals surface area contributed by atoms with Gasteiger partial charge in [-0.2, -0.15) is 0 Å². The van der Waals surface area contributed by atoms with E-state index in [9.17, 15) is 9.59 Å². The van der Waals surface area contributed by atoms with Crippen molar-refractivity contribution in [2.24, 2.45) is 0 Å². The number of thiophene rings is 1. The van der Waals surface area contributed by atoms with Gasteiger partial charge < -0.3 is 10.1 Å². The molecular formula is C22H21NO3S. The van der Waals surface area contributed by atoms with Crippen LogP contribution in [-0.2, 0) is 22.4 Å². The predicted molar refractivity (Wildman–Crippen MR) is 108 cm³/mol. The molecule has 0 unspecified atom stereocenters. The van der Waals surface area contributed by atoms with Crippen molar-refractivity contribution in [3.05, 3.63) is 63.8 Å². The van der Waals surface area contributed by atoms with Crippen LogP contribution in [0.4, 0.5) is 5.69 Å². The third-order valence-electron chi connectivity index (χ3n) is 4.82. The molecule has 0 saturated carbocycles. The van der Waals surface area contributed by atoms with Crippen molar-refractivity contribution >= 4 is 39.7 Å². The highest BCUT2D eigenvalue weighted by molar-refractivity contribution is 7.14. The molecule has 2 aromatic carbocycles. The van der Waals surface area contributed by atoms with Gasteiger partial charge in [0.1, 0.15) is 4.88 Å². The predicted octanol–water partition coefficient (Wildman–Crippen LogP) is 4.97. The third kappa shape index (κ3) is 4.19. The average molecular weight is 379 g/mol. The van der Waals surface area contributed by atoms with Crippen molar-refractivity contribution in [2.75, 3.05) is 11.9 Å². The maximum Gasteiger partial charge on any atom is 0.348 e. The number of esters is 1. The summed E-state index contributed by atoms with van der Waals surface area (Å²) >= 11 is 1.51. The number of fused-ring (bicyclic) bond motifs is 2. The van der Waals surface area contributed by atoms with E-state index >= 15 is 0 Å². The Labute approximate surface area is 162 Å². The molecule has 27 heavy (non-hydrogen) atoms. The van der Waals surface area contributed by atoms with Gasteiger partial charge in [-0.05, 0) is 60.2 Å². The molecule has 1 aromatic heterocycles. The molecule has 0 saturated heterocycles. The van der Waals surface area contributed by atoms with E-state index < -0.39 is 5.97 Å². The highest BCUT2D eigenvalue weighted by Gasteiger charge is 2.18. The highest BCUT2D eigenvalue weighted by Crippen LogP contribution is 2.29. The Kier molecular flexibility index (Phi) is 5.21. The Morgan fingerprint density at radius 2 is 1.78 bits per heavy atom. The molecule has 5 heteroatoms. The molecule has 1 aliphatic rings. The summed E-state index contributed by atoms with van der Waals surface area (Å²) in [6, 6.07) is 15.6. The molecule has 1 aliphatic carbocycles. The Bertz CT molecular complexity index is 969. The van der Waals surface area contributed by atoms with Crippen molar-refractivity contribution in [2.45, 2.75) is 32.1 Å². The molecule has 0 atom stereocenters. The lowest BCUT2D eigenvalue weighted by molar-refractivity contribution is -0.119. The van der Waals surface area contributed by atoms with Crippen molar-refractivity contribution < 1.29 is 14.3 Å². The summed E-state index contributed by atoms with van der Waals surface area (Å²) in [6.45, 7) is -0.284. The number of amides is 1. The summed E-state index contributed by atoms with van der Waals surface area (Å²) in [5.74, 6) is -0.751. The first-order valence-corrected chi connectivity index (χ1v) is 10.1. The van der Waals surface area contributed by atoms with Crippen LogP contribution in [0.1, 0.15) is 39.4 Å². The Morgan fingerprint density at radius 3 is 2.67 bits per heavy atom. The maximum atomic E-state index is 12.3. The van der Waals surface area contributed by atoms with Crippen LogP contribution in [0, 0.1) is 0 Å². The number of aryl methyl sites for hydroxylation is 2. The lowest BCUT2D eigenvalue weighted by Crippen LogP contribution is -2.20. The molecule has 138 valence electrons. The SMILES string of the molecule is O=C(COC(=O)c1cc2c(s1)CCCCC2)Nc1ccc2ccccc2c1. The summed E-state index contributed by atoms with van der Waals surface area (Å²) in [6.07, 6.45) is 5.66. The molecule has 3 aromatic rings. The molecule has 1 amide bonds. The summed E-state index contributed by atoms with van der Waals surface area (Å²) < 4.78 is 5.22. The molecule has 0 aliphatic heterocycles. The normalized spacial score (nSPS) is 13.6. The smallest absolute Gasteiger partial charge is 0.348 e. The van der Waals surface area contributed by atoms with Gasteiger partial charge in [0.15, 0.2) is 6.61 Å². The van der Waals surface area contributed by atoms with Crippen LogP contribution >= 0.6 is 11.3 Å². The third-order valence-corrected chi connectivity index (χ3v) is 6.03. The molecular weight excluding hydrogens is 358 g/mol. The standard InChI is InChI=1S/C22H21NO3S/c24-21(23-18-11-10-15-6-4-5-7-16(15)12-18)14-26-22(25)20-13-17-8-2-1-3-9-19(17)27-20/h4-7,10-13H,1-3,8-9,14H2,(H,23,24). The zero-order chi connectivity index (χ0) is 18.6. The zero-order valence-electron chi connectivity index (χ0n) is 15.0. The number of carbonyl (C=O) groups is 2. The zero-order valence-corrected chi connectivity index (χ0v) is 15.8. The summed E-state index contributed by atoms with van der Waals surface area (Å²) in [7, 11) is 0. The van der Waals surface area contributed by atoms with Gasteiger partial charge in [0, 0.05) is 10.6 Å². The number of hydrogen-bond donors (Lipinski definition) is 1. The van der Waals surface area contributed by atoms with Gasteiger partial charge in [0.2, 0.25) is 0 Å². The van der Waals surface area contributed by atoms with Crippen LogP contribution in [0.5, 0.6) is 0 Å². The quantitative estimate of drug-likeness (QED) is 0.515. The number of benzene rings is 2. The van der Waals surface area contributed by atoms with Gasteiger partial charge in [-0.15, -0.1) is 11.3 Å². The van der Waals surface area contributed by atoms with Gasteiger partial charge in [0.25, 0.3) is 5.91 Å². The summed E-state index contributed by atoms with van der Waals surface area (Å²) in [5, 5.41) is 4.94. The van der Waals surface area contributed by atoms with E-state index in [-0.39, 0.29) is 12.5 Å². The first kappa shape index (κ1) is 17.7. The second-order valence-corrected chi connectivity index (χ2v) is 7.94. The highest BCUT2D eigenvalue weighted by atomic mass is 32.1. The lowest BCUT2D eigenvalue weighted by atomic mass is 10.1. The van der Waals surface area contributed by atoms with Crippen LogP contribution < -0.4 is 5.32 Å². The molecule has 0 fully saturated rings. The topological polar surface area (TPSA) is 55.4 Å². The first-order valence-electron chi connectivity index (χ1n) is 9.26. The van der Waals surface area contributed by atoms with Crippen molar-refractivity contribution in [1.29, 1.82) is 0 Å². The van der Waals surface area contributed by atoms with Gasteiger partial charge in [-0.3, -0.25) is 4.79 Å². The summed E-state index contributed by atoms with van der Waals surface area (Å²) in [4.78, 5) is 26.3. The Morgan fingerprint density at radius 1 is 0.963 bits per heavy atom. The average Bonchev–Trinajstić information content (AvgIpc) is 2.97. The molecule has 4 nitrogen and oxygen atoms in total. The lowest BCUT2D eigenvalue weighted by Gasteiger charge is -2.07. The first-order chi connectivity index (χ1) is 13.2. The fourth-order valence-electron chi connectivity index (χ4n) is 3.43. The molecule has 0 bridgehead atoms. The molecule has 0 radical (unpaired) electrons. The number of ether oxygens (including phenoxy) is 1. The van der Waals surface area contributed by atoms with Gasteiger partial charge in [-0.25, -0.2) is 4.79 Å². The Hall–Kier alpha value is -2.66. The largest absolute Gasteiger partial charge is 0.451 e. The van der Waals surface area contributed by atoms with E-state index in [2.05, 4.69) is 5.32 Å². The van der Waals surface area contributed by atoms with E-state index in [0.29, 0.717) is 10.6 Å². The molecule has 1 heterocycles. The van der Waals surface area contributed by atoms with Crippen LogP contribution in [0.2, 0.25) is 0 Å².